The van der Waals surface area contributed by atoms with Crippen LogP contribution in [0.15, 0.2) is 0 Å². The van der Waals surface area contributed by atoms with E-state index in [0.717, 1.165) is 19.5 Å². The third kappa shape index (κ3) is 2.72. The number of piperidine rings is 1. The first-order valence-electron chi connectivity index (χ1n) is 6.50. The molecule has 1 unspecified atom stereocenters. The highest BCUT2D eigenvalue weighted by Gasteiger charge is 2.33. The van der Waals surface area contributed by atoms with E-state index in [1.54, 1.807) is 11.9 Å². The van der Waals surface area contributed by atoms with Gasteiger partial charge in [0.25, 0.3) is 0 Å². The van der Waals surface area contributed by atoms with E-state index in [0.29, 0.717) is 19.0 Å². The Kier molecular flexibility index (Phi) is 3.89. The number of carbonyl (C=O) groups excluding carboxylic acids is 1. The average molecular weight is 241 g/mol. The van der Waals surface area contributed by atoms with E-state index in [9.17, 15) is 9.90 Å². The van der Waals surface area contributed by atoms with Crippen LogP contribution in [0, 0.1) is 5.92 Å². The molecular weight excluding hydrogens is 218 g/mol. The number of hydrogen-bond donors (Lipinski definition) is 2. The first kappa shape index (κ1) is 12.6. The molecule has 5 heteroatoms. The number of likely N-dealkylation sites (tertiary alicyclic amines) is 1. The van der Waals surface area contributed by atoms with Gasteiger partial charge in [-0.15, -0.1) is 0 Å². The van der Waals surface area contributed by atoms with Crippen LogP contribution in [-0.2, 0) is 0 Å². The van der Waals surface area contributed by atoms with Crippen molar-refractivity contribution >= 4 is 6.03 Å². The molecule has 2 rings (SSSR count). The SMILES string of the molecule is CC1CCCN(C(=O)N(C)[C@@H]2CNC[C@H]2O)C1. The molecule has 2 heterocycles. The number of urea groups is 1. The lowest BCUT2D eigenvalue weighted by Crippen LogP contribution is -2.52. The molecule has 98 valence electrons. The summed E-state index contributed by atoms with van der Waals surface area (Å²) in [6.45, 7) is 5.15. The van der Waals surface area contributed by atoms with Gasteiger partial charge in [-0.2, -0.15) is 0 Å². The Balaban J connectivity index is 1.94. The number of rotatable bonds is 1. The smallest absolute Gasteiger partial charge is 0.320 e. The van der Waals surface area contributed by atoms with Gasteiger partial charge < -0.3 is 20.2 Å². The van der Waals surface area contributed by atoms with Crippen LogP contribution in [0.2, 0.25) is 0 Å². The van der Waals surface area contributed by atoms with E-state index >= 15 is 0 Å². The number of aliphatic hydroxyl groups is 1. The molecule has 2 saturated heterocycles. The number of nitrogens with zero attached hydrogens (tertiary/aromatic N) is 2. The predicted octanol–water partition coefficient (Wildman–Crippen LogP) is 0.103. The summed E-state index contributed by atoms with van der Waals surface area (Å²) in [6, 6.07) is -0.0240. The van der Waals surface area contributed by atoms with Crippen LogP contribution in [-0.4, -0.2) is 66.3 Å². The van der Waals surface area contributed by atoms with E-state index in [2.05, 4.69) is 12.2 Å². The number of hydrogen-bond acceptors (Lipinski definition) is 3. The Morgan fingerprint density at radius 2 is 2.24 bits per heavy atom. The van der Waals surface area contributed by atoms with Crippen molar-refractivity contribution in [2.75, 3.05) is 33.2 Å². The summed E-state index contributed by atoms with van der Waals surface area (Å²) in [5, 5.41) is 12.9. The fourth-order valence-corrected chi connectivity index (χ4v) is 2.77. The van der Waals surface area contributed by atoms with Crippen LogP contribution in [0.3, 0.4) is 0 Å². The first-order valence-corrected chi connectivity index (χ1v) is 6.50. The largest absolute Gasteiger partial charge is 0.390 e. The number of β-amino-alcohol motifs (C(OH)–C–C–N with tert-alkyl or cyclic N) is 1. The lowest BCUT2D eigenvalue weighted by molar-refractivity contribution is 0.0850. The Labute approximate surface area is 103 Å². The van der Waals surface area contributed by atoms with Gasteiger partial charge in [-0.25, -0.2) is 4.79 Å². The molecule has 2 amide bonds. The third-order valence-corrected chi connectivity index (χ3v) is 3.88. The van der Waals surface area contributed by atoms with Gasteiger partial charge >= 0.3 is 6.03 Å². The number of likely N-dealkylation sites (N-methyl/N-ethyl adjacent to an activating group) is 1. The molecule has 2 aliphatic rings. The zero-order chi connectivity index (χ0) is 12.4. The van der Waals surface area contributed by atoms with Gasteiger partial charge in [0.1, 0.15) is 0 Å². The van der Waals surface area contributed by atoms with Crippen molar-refractivity contribution in [1.29, 1.82) is 0 Å². The summed E-state index contributed by atoms with van der Waals surface area (Å²) in [4.78, 5) is 15.9. The van der Waals surface area contributed by atoms with Crippen LogP contribution >= 0.6 is 0 Å². The highest BCUT2D eigenvalue weighted by Crippen LogP contribution is 2.18. The van der Waals surface area contributed by atoms with Crippen molar-refractivity contribution in [3.8, 4) is 0 Å². The molecule has 5 nitrogen and oxygen atoms in total. The molecular formula is C12H23N3O2. The quantitative estimate of drug-likeness (QED) is 0.685. The molecule has 0 aromatic carbocycles. The zero-order valence-electron chi connectivity index (χ0n) is 10.7. The summed E-state index contributed by atoms with van der Waals surface area (Å²) in [6.07, 6.45) is 1.86. The molecule has 0 aromatic heterocycles. The maximum Gasteiger partial charge on any atom is 0.320 e. The maximum atomic E-state index is 12.3. The van der Waals surface area contributed by atoms with Crippen molar-refractivity contribution in [3.05, 3.63) is 0 Å². The number of nitrogens with one attached hydrogen (secondary N) is 1. The van der Waals surface area contributed by atoms with Crippen LogP contribution < -0.4 is 5.32 Å². The lowest BCUT2D eigenvalue weighted by Gasteiger charge is -2.36. The minimum atomic E-state index is -0.439. The van der Waals surface area contributed by atoms with Gasteiger partial charge in [-0.3, -0.25) is 0 Å². The molecule has 0 aliphatic carbocycles. The number of carbonyl (C=O) groups is 1. The lowest BCUT2D eigenvalue weighted by atomic mass is 10.0. The zero-order valence-corrected chi connectivity index (χ0v) is 10.7. The molecule has 0 bridgehead atoms. The van der Waals surface area contributed by atoms with Crippen LogP contribution in [0.25, 0.3) is 0 Å². The summed E-state index contributed by atoms with van der Waals surface area (Å²) in [5.74, 6) is 0.590. The van der Waals surface area contributed by atoms with Crippen LogP contribution in [0.1, 0.15) is 19.8 Å². The van der Waals surface area contributed by atoms with E-state index in [1.165, 1.54) is 6.42 Å². The topological polar surface area (TPSA) is 55.8 Å². The fourth-order valence-electron chi connectivity index (χ4n) is 2.77. The Bertz CT molecular complexity index is 285. The number of aliphatic hydroxyl groups excluding tert-OH is 1. The van der Waals surface area contributed by atoms with E-state index in [1.807, 2.05) is 4.90 Å². The molecule has 2 N–H and O–H groups in total. The molecule has 0 aromatic rings. The molecule has 0 spiro atoms. The van der Waals surface area contributed by atoms with Crippen molar-refractivity contribution in [2.24, 2.45) is 5.92 Å². The van der Waals surface area contributed by atoms with Gasteiger partial charge in [-0.1, -0.05) is 6.92 Å². The number of amides is 2. The summed E-state index contributed by atoms with van der Waals surface area (Å²) in [7, 11) is 1.79. The molecule has 2 fully saturated rings. The molecule has 17 heavy (non-hydrogen) atoms. The Hall–Kier alpha value is -0.810. The van der Waals surface area contributed by atoms with Gasteiger partial charge in [0, 0.05) is 33.2 Å². The van der Waals surface area contributed by atoms with Gasteiger partial charge in [0.15, 0.2) is 0 Å². The van der Waals surface area contributed by atoms with Gasteiger partial charge in [0.2, 0.25) is 0 Å². The normalized spacial score (nSPS) is 33.8. The minimum Gasteiger partial charge on any atom is -0.390 e. The average Bonchev–Trinajstić information content (AvgIpc) is 2.73. The van der Waals surface area contributed by atoms with Crippen molar-refractivity contribution in [1.82, 2.24) is 15.1 Å². The second-order valence-corrected chi connectivity index (χ2v) is 5.38. The standard InChI is InChI=1S/C12H23N3O2/c1-9-4-3-5-15(8-9)12(17)14(2)10-6-13-7-11(10)16/h9-11,13,16H,3-8H2,1-2H3/t9?,10-,11-/m1/s1. The third-order valence-electron chi connectivity index (χ3n) is 3.88. The van der Waals surface area contributed by atoms with Crippen molar-refractivity contribution in [3.63, 3.8) is 0 Å². The first-order chi connectivity index (χ1) is 8.09. The van der Waals surface area contributed by atoms with Gasteiger partial charge in [-0.05, 0) is 18.8 Å². The fraction of sp³-hybridized carbons (Fsp3) is 0.917. The second-order valence-electron chi connectivity index (χ2n) is 5.38. The Morgan fingerprint density at radius 3 is 2.82 bits per heavy atom. The van der Waals surface area contributed by atoms with E-state index in [-0.39, 0.29) is 12.1 Å². The van der Waals surface area contributed by atoms with Crippen LogP contribution in [0.4, 0.5) is 4.79 Å². The van der Waals surface area contributed by atoms with E-state index < -0.39 is 6.10 Å². The van der Waals surface area contributed by atoms with Crippen LogP contribution in [0.5, 0.6) is 0 Å². The molecule has 3 atom stereocenters. The van der Waals surface area contributed by atoms with Gasteiger partial charge in [0.05, 0.1) is 12.1 Å². The molecule has 0 saturated carbocycles. The molecule has 2 aliphatic heterocycles. The highest BCUT2D eigenvalue weighted by atomic mass is 16.3. The summed E-state index contributed by atoms with van der Waals surface area (Å²) in [5.41, 5.74) is 0. The summed E-state index contributed by atoms with van der Waals surface area (Å²) >= 11 is 0. The Morgan fingerprint density at radius 1 is 1.47 bits per heavy atom. The van der Waals surface area contributed by atoms with Crippen molar-refractivity contribution in [2.45, 2.75) is 31.9 Å². The maximum absolute atomic E-state index is 12.3. The monoisotopic (exact) mass is 241 g/mol. The van der Waals surface area contributed by atoms with E-state index in [4.69, 9.17) is 0 Å². The summed E-state index contributed by atoms with van der Waals surface area (Å²) < 4.78 is 0. The molecule has 0 radical (unpaired) electrons. The minimum absolute atomic E-state index is 0.0595. The second kappa shape index (κ2) is 5.23. The predicted molar refractivity (Wildman–Crippen MR) is 65.8 cm³/mol. The highest BCUT2D eigenvalue weighted by molar-refractivity contribution is 5.74. The van der Waals surface area contributed by atoms with Crippen molar-refractivity contribution < 1.29 is 9.90 Å².